The zero-order chi connectivity index (χ0) is 21.0. The van der Waals surface area contributed by atoms with Crippen molar-refractivity contribution in [2.45, 2.75) is 18.9 Å². The maximum Gasteiger partial charge on any atom is 0.277 e. The fourth-order valence-corrected chi connectivity index (χ4v) is 2.76. The molecule has 0 unspecified atom stereocenters. The van der Waals surface area contributed by atoms with Gasteiger partial charge >= 0.3 is 0 Å². The molecule has 0 saturated carbocycles. The van der Waals surface area contributed by atoms with Gasteiger partial charge in [-0.3, -0.25) is 9.59 Å². The molecule has 3 rings (SSSR count). The zero-order valence-electron chi connectivity index (χ0n) is 16.6. The minimum absolute atomic E-state index is 0.0579. The third kappa shape index (κ3) is 7.56. The van der Waals surface area contributed by atoms with E-state index in [9.17, 15) is 9.59 Å². The Labute approximate surface area is 175 Å². The van der Waals surface area contributed by atoms with Crippen molar-refractivity contribution >= 4 is 18.0 Å². The van der Waals surface area contributed by atoms with E-state index < -0.39 is 0 Å². The molecule has 30 heavy (non-hydrogen) atoms. The average molecular weight is 411 g/mol. The van der Waals surface area contributed by atoms with E-state index in [-0.39, 0.29) is 31.1 Å². The third-order valence-electron chi connectivity index (χ3n) is 4.32. The van der Waals surface area contributed by atoms with Gasteiger partial charge in [0.15, 0.2) is 13.2 Å². The first kappa shape index (κ1) is 21.3. The first-order chi connectivity index (χ1) is 14.7. The van der Waals surface area contributed by atoms with Gasteiger partial charge in [-0.05, 0) is 54.8 Å². The van der Waals surface area contributed by atoms with Crippen LogP contribution in [0.25, 0.3) is 0 Å². The molecule has 0 bridgehead atoms. The Kier molecular flexibility index (Phi) is 8.23. The molecule has 0 spiro atoms. The van der Waals surface area contributed by atoms with Gasteiger partial charge in [0.25, 0.3) is 11.8 Å². The molecule has 2 N–H and O–H groups in total. The summed E-state index contributed by atoms with van der Waals surface area (Å²) in [5.41, 5.74) is 3.18. The number of nitrogens with zero attached hydrogens (tertiary/aromatic N) is 1. The molecular weight excluding hydrogens is 386 g/mol. The topological polar surface area (TPSA) is 98.2 Å². The average Bonchev–Trinajstić information content (AvgIpc) is 3.30. The Bertz CT molecular complexity index is 834. The van der Waals surface area contributed by atoms with Crippen LogP contribution < -0.4 is 20.2 Å². The lowest BCUT2D eigenvalue weighted by Gasteiger charge is -2.11. The molecule has 1 heterocycles. The van der Waals surface area contributed by atoms with Crippen molar-refractivity contribution in [3.8, 4) is 11.5 Å². The molecule has 8 heteroatoms. The van der Waals surface area contributed by atoms with Gasteiger partial charge in [0.2, 0.25) is 0 Å². The van der Waals surface area contributed by atoms with Crippen LogP contribution in [-0.2, 0) is 14.3 Å². The molecule has 8 nitrogen and oxygen atoms in total. The Morgan fingerprint density at radius 1 is 1.00 bits per heavy atom. The molecule has 2 aromatic rings. The number of amides is 2. The molecule has 1 aliphatic rings. The SMILES string of the molecule is O=C(COc1ccc(/C=N/NC(=O)COc2ccccc2)cc1)NC[C@@H]1CCCO1. The van der Waals surface area contributed by atoms with E-state index in [1.807, 2.05) is 18.2 Å². The van der Waals surface area contributed by atoms with Crippen molar-refractivity contribution in [1.82, 2.24) is 10.7 Å². The molecular formula is C22H25N3O5. The van der Waals surface area contributed by atoms with Gasteiger partial charge < -0.3 is 19.5 Å². The predicted octanol–water partition coefficient (Wildman–Crippen LogP) is 1.89. The van der Waals surface area contributed by atoms with Gasteiger partial charge in [-0.1, -0.05) is 18.2 Å². The zero-order valence-corrected chi connectivity index (χ0v) is 16.6. The van der Waals surface area contributed by atoms with Crippen LogP contribution in [0, 0.1) is 0 Å². The Morgan fingerprint density at radius 2 is 1.70 bits per heavy atom. The van der Waals surface area contributed by atoms with E-state index in [2.05, 4.69) is 15.8 Å². The molecule has 1 atom stereocenters. The summed E-state index contributed by atoms with van der Waals surface area (Å²) < 4.78 is 16.3. The number of hydrogen-bond acceptors (Lipinski definition) is 6. The van der Waals surface area contributed by atoms with E-state index >= 15 is 0 Å². The number of hydrazone groups is 1. The number of rotatable bonds is 10. The van der Waals surface area contributed by atoms with Gasteiger partial charge in [0.1, 0.15) is 11.5 Å². The molecule has 0 aliphatic carbocycles. The van der Waals surface area contributed by atoms with Crippen molar-refractivity contribution in [2.75, 3.05) is 26.4 Å². The van der Waals surface area contributed by atoms with Gasteiger partial charge in [0.05, 0.1) is 12.3 Å². The molecule has 1 aliphatic heterocycles. The molecule has 2 amide bonds. The summed E-state index contributed by atoms with van der Waals surface area (Å²) in [5.74, 6) is 0.646. The van der Waals surface area contributed by atoms with Crippen molar-refractivity contribution in [3.05, 3.63) is 60.2 Å². The third-order valence-corrected chi connectivity index (χ3v) is 4.32. The van der Waals surface area contributed by atoms with Crippen LogP contribution in [0.4, 0.5) is 0 Å². The van der Waals surface area contributed by atoms with Gasteiger partial charge in [-0.25, -0.2) is 5.43 Å². The molecule has 158 valence electrons. The highest BCUT2D eigenvalue weighted by Crippen LogP contribution is 2.12. The predicted molar refractivity (Wildman–Crippen MR) is 112 cm³/mol. The minimum Gasteiger partial charge on any atom is -0.484 e. The Morgan fingerprint density at radius 3 is 2.40 bits per heavy atom. The second-order valence-corrected chi connectivity index (χ2v) is 6.69. The first-order valence-electron chi connectivity index (χ1n) is 9.80. The highest BCUT2D eigenvalue weighted by molar-refractivity contribution is 5.83. The number of hydrogen-bond donors (Lipinski definition) is 2. The lowest BCUT2D eigenvalue weighted by atomic mass is 10.2. The van der Waals surface area contributed by atoms with E-state index in [0.29, 0.717) is 18.0 Å². The van der Waals surface area contributed by atoms with E-state index in [1.165, 1.54) is 6.21 Å². The standard InChI is InChI=1S/C22H25N3O5/c26-21(23-14-20-7-4-12-28-20)15-29-19-10-8-17(9-11-19)13-24-25-22(27)16-30-18-5-2-1-3-6-18/h1-3,5-6,8-11,13,20H,4,7,12,14-16H2,(H,23,26)(H,25,27)/b24-13+/t20-/m0/s1. The summed E-state index contributed by atoms with van der Waals surface area (Å²) in [6.07, 6.45) is 3.64. The van der Waals surface area contributed by atoms with Gasteiger partial charge in [0, 0.05) is 13.2 Å². The van der Waals surface area contributed by atoms with Crippen molar-refractivity contribution in [1.29, 1.82) is 0 Å². The molecule has 1 saturated heterocycles. The summed E-state index contributed by atoms with van der Waals surface area (Å²) >= 11 is 0. The molecule has 0 aromatic heterocycles. The highest BCUT2D eigenvalue weighted by atomic mass is 16.5. The first-order valence-corrected chi connectivity index (χ1v) is 9.80. The Balaban J connectivity index is 1.33. The van der Waals surface area contributed by atoms with Crippen molar-refractivity contribution in [3.63, 3.8) is 0 Å². The summed E-state index contributed by atoms with van der Waals surface area (Å²) in [4.78, 5) is 23.6. The quantitative estimate of drug-likeness (QED) is 0.460. The van der Waals surface area contributed by atoms with Crippen LogP contribution in [0.5, 0.6) is 11.5 Å². The fraction of sp³-hybridized carbons (Fsp3) is 0.318. The number of carbonyl (C=O) groups is 2. The lowest BCUT2D eigenvalue weighted by molar-refractivity contribution is -0.124. The molecule has 2 aromatic carbocycles. The maximum atomic E-state index is 11.8. The number of nitrogens with one attached hydrogen (secondary N) is 2. The lowest BCUT2D eigenvalue weighted by Crippen LogP contribution is -2.35. The largest absolute Gasteiger partial charge is 0.484 e. The summed E-state index contributed by atoms with van der Waals surface area (Å²) in [7, 11) is 0. The van der Waals surface area contributed by atoms with E-state index in [0.717, 1.165) is 25.0 Å². The monoisotopic (exact) mass is 411 g/mol. The Hall–Kier alpha value is -3.39. The van der Waals surface area contributed by atoms with E-state index in [1.54, 1.807) is 36.4 Å². The molecule has 0 radical (unpaired) electrons. The van der Waals surface area contributed by atoms with Gasteiger partial charge in [-0.15, -0.1) is 0 Å². The van der Waals surface area contributed by atoms with Gasteiger partial charge in [-0.2, -0.15) is 5.10 Å². The van der Waals surface area contributed by atoms with Crippen LogP contribution in [0.15, 0.2) is 59.7 Å². The fourth-order valence-electron chi connectivity index (χ4n) is 2.76. The van der Waals surface area contributed by atoms with E-state index in [4.69, 9.17) is 14.2 Å². The number of carbonyl (C=O) groups excluding carboxylic acids is 2. The molecule has 1 fully saturated rings. The second-order valence-electron chi connectivity index (χ2n) is 6.69. The second kappa shape index (κ2) is 11.6. The number of ether oxygens (including phenoxy) is 3. The number of benzene rings is 2. The summed E-state index contributed by atoms with van der Waals surface area (Å²) in [5, 5.41) is 6.70. The normalized spacial score (nSPS) is 15.7. The van der Waals surface area contributed by atoms with Crippen LogP contribution in [0.2, 0.25) is 0 Å². The van der Waals surface area contributed by atoms with Crippen molar-refractivity contribution < 1.29 is 23.8 Å². The van der Waals surface area contributed by atoms with Crippen LogP contribution in [0.3, 0.4) is 0 Å². The maximum absolute atomic E-state index is 11.8. The number of para-hydroxylation sites is 1. The minimum atomic E-state index is -0.357. The van der Waals surface area contributed by atoms with Crippen molar-refractivity contribution in [2.24, 2.45) is 5.10 Å². The smallest absolute Gasteiger partial charge is 0.277 e. The summed E-state index contributed by atoms with van der Waals surface area (Å²) in [6.45, 7) is 1.10. The summed E-state index contributed by atoms with van der Waals surface area (Å²) in [6, 6.07) is 16.1. The van der Waals surface area contributed by atoms with Crippen LogP contribution in [0.1, 0.15) is 18.4 Å². The highest BCUT2D eigenvalue weighted by Gasteiger charge is 2.16. The van der Waals surface area contributed by atoms with Crippen LogP contribution in [-0.4, -0.2) is 50.5 Å². The van der Waals surface area contributed by atoms with Crippen LogP contribution >= 0.6 is 0 Å².